The first-order chi connectivity index (χ1) is 12.7. The van der Waals surface area contributed by atoms with E-state index in [4.69, 9.17) is 9.47 Å². The number of likely N-dealkylation sites (tertiary alicyclic amines) is 1. The number of carbonyl (C=O) groups excluding carboxylic acids is 1. The zero-order valence-corrected chi connectivity index (χ0v) is 14.9. The van der Waals surface area contributed by atoms with Crippen LogP contribution in [0.3, 0.4) is 0 Å². The summed E-state index contributed by atoms with van der Waals surface area (Å²) in [6.07, 6.45) is -4.86. The Morgan fingerprint density at radius 3 is 2.41 bits per heavy atom. The Hall–Kier alpha value is -2.77. The molecule has 0 N–H and O–H groups in total. The number of aromatic nitrogens is 1. The van der Waals surface area contributed by atoms with E-state index in [1.807, 2.05) is 13.8 Å². The molecule has 2 aromatic rings. The van der Waals surface area contributed by atoms with Crippen LogP contribution in [0, 0.1) is 0 Å². The molecule has 0 aliphatic carbocycles. The summed E-state index contributed by atoms with van der Waals surface area (Å²) in [4.78, 5) is 17.4. The molecule has 1 aliphatic heterocycles. The molecule has 8 heteroatoms. The van der Waals surface area contributed by atoms with E-state index in [-0.39, 0.29) is 24.0 Å². The Morgan fingerprint density at radius 2 is 1.81 bits per heavy atom. The van der Waals surface area contributed by atoms with Crippen LogP contribution in [0.1, 0.15) is 29.9 Å². The molecule has 1 aliphatic rings. The molecular formula is C19H19F3N2O3. The molecular weight excluding hydrogens is 361 g/mol. The van der Waals surface area contributed by atoms with Gasteiger partial charge in [0, 0.05) is 11.6 Å². The highest BCUT2D eigenvalue weighted by Crippen LogP contribution is 2.29. The number of halogens is 3. The summed E-state index contributed by atoms with van der Waals surface area (Å²) in [5.41, 5.74) is -0.488. The summed E-state index contributed by atoms with van der Waals surface area (Å²) in [7, 11) is 0. The van der Waals surface area contributed by atoms with Gasteiger partial charge in [-0.3, -0.25) is 4.79 Å². The smallest absolute Gasteiger partial charge is 0.433 e. The van der Waals surface area contributed by atoms with Crippen LogP contribution >= 0.6 is 0 Å². The third-order valence-corrected chi connectivity index (χ3v) is 3.91. The third-order valence-electron chi connectivity index (χ3n) is 3.91. The third kappa shape index (κ3) is 4.69. The van der Waals surface area contributed by atoms with Crippen molar-refractivity contribution in [3.8, 4) is 11.6 Å². The first-order valence-electron chi connectivity index (χ1n) is 8.49. The minimum absolute atomic E-state index is 0.0456. The summed E-state index contributed by atoms with van der Waals surface area (Å²) < 4.78 is 49.0. The van der Waals surface area contributed by atoms with Gasteiger partial charge in [0.05, 0.1) is 19.2 Å². The fourth-order valence-electron chi connectivity index (χ4n) is 2.62. The van der Waals surface area contributed by atoms with Crippen LogP contribution in [0.25, 0.3) is 0 Å². The molecule has 0 spiro atoms. The van der Waals surface area contributed by atoms with Crippen LogP contribution in [-0.2, 0) is 6.18 Å². The van der Waals surface area contributed by atoms with E-state index in [0.29, 0.717) is 24.4 Å². The van der Waals surface area contributed by atoms with Crippen molar-refractivity contribution in [3.05, 3.63) is 53.7 Å². The Labute approximate surface area is 154 Å². The molecule has 5 nitrogen and oxygen atoms in total. The molecule has 1 aromatic carbocycles. The van der Waals surface area contributed by atoms with Gasteiger partial charge in [0.15, 0.2) is 0 Å². The van der Waals surface area contributed by atoms with Crippen molar-refractivity contribution in [3.63, 3.8) is 0 Å². The summed E-state index contributed by atoms with van der Waals surface area (Å²) in [5, 5.41) is 0. The quantitative estimate of drug-likeness (QED) is 0.792. The number of hydrogen-bond donors (Lipinski definition) is 0. The van der Waals surface area contributed by atoms with Gasteiger partial charge in [-0.1, -0.05) is 6.07 Å². The van der Waals surface area contributed by atoms with Gasteiger partial charge in [-0.2, -0.15) is 13.2 Å². The molecule has 1 saturated heterocycles. The molecule has 0 saturated carbocycles. The second-order valence-corrected chi connectivity index (χ2v) is 6.50. The fraction of sp³-hybridized carbons (Fsp3) is 0.368. The average Bonchev–Trinajstić information content (AvgIpc) is 2.57. The molecule has 2 heterocycles. The number of ether oxygens (including phenoxy) is 2. The minimum Gasteiger partial charge on any atom is -0.491 e. The number of pyridine rings is 1. The zero-order valence-electron chi connectivity index (χ0n) is 14.9. The summed E-state index contributed by atoms with van der Waals surface area (Å²) in [5.74, 6) is 0.419. The van der Waals surface area contributed by atoms with Crippen LogP contribution < -0.4 is 9.47 Å². The molecule has 27 heavy (non-hydrogen) atoms. The SMILES string of the molecule is CC(C)Oc1ccc(C(=O)N2CC(Oc3cccc(C(F)(F)F)n3)C2)cc1. The van der Waals surface area contributed by atoms with E-state index >= 15 is 0 Å². The van der Waals surface area contributed by atoms with Crippen LogP contribution in [-0.4, -0.2) is 41.1 Å². The highest BCUT2D eigenvalue weighted by Gasteiger charge is 2.35. The Kier molecular flexibility index (Phi) is 5.25. The number of benzene rings is 1. The van der Waals surface area contributed by atoms with Gasteiger partial charge in [0.1, 0.15) is 17.5 Å². The van der Waals surface area contributed by atoms with Crippen molar-refractivity contribution < 1.29 is 27.4 Å². The van der Waals surface area contributed by atoms with Gasteiger partial charge in [0.25, 0.3) is 5.91 Å². The van der Waals surface area contributed by atoms with E-state index in [1.165, 1.54) is 12.1 Å². The molecule has 0 radical (unpaired) electrons. The maximum atomic E-state index is 12.7. The normalized spacial score (nSPS) is 14.8. The number of carbonyl (C=O) groups is 1. The van der Waals surface area contributed by atoms with Gasteiger partial charge >= 0.3 is 6.18 Å². The largest absolute Gasteiger partial charge is 0.491 e. The first kappa shape index (κ1) is 19.0. The zero-order chi connectivity index (χ0) is 19.6. The van der Waals surface area contributed by atoms with Crippen LogP contribution in [0.5, 0.6) is 11.6 Å². The maximum absolute atomic E-state index is 12.7. The number of amides is 1. The van der Waals surface area contributed by atoms with Crippen molar-refractivity contribution >= 4 is 5.91 Å². The lowest BCUT2D eigenvalue weighted by Crippen LogP contribution is -2.56. The van der Waals surface area contributed by atoms with Crippen molar-refractivity contribution in [1.82, 2.24) is 9.88 Å². The van der Waals surface area contributed by atoms with E-state index < -0.39 is 11.9 Å². The predicted octanol–water partition coefficient (Wildman–Crippen LogP) is 3.79. The Balaban J connectivity index is 1.54. The molecule has 0 atom stereocenters. The summed E-state index contributed by atoms with van der Waals surface area (Å²) >= 11 is 0. The van der Waals surface area contributed by atoms with Crippen LogP contribution in [0.2, 0.25) is 0 Å². The lowest BCUT2D eigenvalue weighted by molar-refractivity contribution is -0.141. The number of alkyl halides is 3. The molecule has 1 aromatic heterocycles. The van der Waals surface area contributed by atoms with Crippen LogP contribution in [0.4, 0.5) is 13.2 Å². The van der Waals surface area contributed by atoms with Crippen molar-refractivity contribution in [1.29, 1.82) is 0 Å². The Bertz CT molecular complexity index is 801. The molecule has 0 unspecified atom stereocenters. The van der Waals surface area contributed by atoms with Crippen LogP contribution in [0.15, 0.2) is 42.5 Å². The van der Waals surface area contributed by atoms with Gasteiger partial charge in [-0.25, -0.2) is 4.98 Å². The van der Waals surface area contributed by atoms with Gasteiger partial charge < -0.3 is 14.4 Å². The van der Waals surface area contributed by atoms with E-state index in [1.54, 1.807) is 29.2 Å². The van der Waals surface area contributed by atoms with Crippen molar-refractivity contribution in [2.45, 2.75) is 32.2 Å². The molecule has 0 bridgehead atoms. The van der Waals surface area contributed by atoms with Gasteiger partial charge in [0.2, 0.25) is 5.88 Å². The second-order valence-electron chi connectivity index (χ2n) is 6.50. The number of hydrogen-bond acceptors (Lipinski definition) is 4. The Morgan fingerprint density at radius 1 is 1.15 bits per heavy atom. The maximum Gasteiger partial charge on any atom is 0.433 e. The molecule has 1 fully saturated rings. The number of nitrogens with zero attached hydrogens (tertiary/aromatic N) is 2. The lowest BCUT2D eigenvalue weighted by atomic mass is 10.1. The summed E-state index contributed by atoms with van der Waals surface area (Å²) in [6, 6.07) is 10.3. The highest BCUT2D eigenvalue weighted by atomic mass is 19.4. The highest BCUT2D eigenvalue weighted by molar-refractivity contribution is 5.94. The average molecular weight is 380 g/mol. The predicted molar refractivity (Wildman–Crippen MR) is 91.8 cm³/mol. The van der Waals surface area contributed by atoms with Crippen molar-refractivity contribution in [2.24, 2.45) is 0 Å². The second kappa shape index (κ2) is 7.46. The van der Waals surface area contributed by atoms with Gasteiger partial charge in [-0.15, -0.1) is 0 Å². The monoisotopic (exact) mass is 380 g/mol. The fourth-order valence-corrected chi connectivity index (χ4v) is 2.62. The standard InChI is InChI=1S/C19H19F3N2O3/c1-12(2)26-14-8-6-13(7-9-14)18(25)24-10-15(11-24)27-17-5-3-4-16(23-17)19(20,21)22/h3-9,12,15H,10-11H2,1-2H3. The molecule has 1 amide bonds. The topological polar surface area (TPSA) is 51.7 Å². The van der Waals surface area contributed by atoms with Gasteiger partial charge in [-0.05, 0) is 44.2 Å². The molecule has 144 valence electrons. The lowest BCUT2D eigenvalue weighted by Gasteiger charge is -2.38. The molecule has 3 rings (SSSR count). The minimum atomic E-state index is -4.52. The van der Waals surface area contributed by atoms with E-state index in [2.05, 4.69) is 4.98 Å². The van der Waals surface area contributed by atoms with Crippen molar-refractivity contribution in [2.75, 3.05) is 13.1 Å². The first-order valence-corrected chi connectivity index (χ1v) is 8.49. The van der Waals surface area contributed by atoms with E-state index in [9.17, 15) is 18.0 Å². The number of rotatable bonds is 5. The summed E-state index contributed by atoms with van der Waals surface area (Å²) in [6.45, 7) is 4.42. The van der Waals surface area contributed by atoms with E-state index in [0.717, 1.165) is 6.07 Å².